The van der Waals surface area contributed by atoms with Crippen LogP contribution in [0.5, 0.6) is 0 Å². The van der Waals surface area contributed by atoms with Gasteiger partial charge in [-0.2, -0.15) is 11.8 Å². The molecule has 1 aliphatic heterocycles. The summed E-state index contributed by atoms with van der Waals surface area (Å²) in [7, 11) is 1.40. The standard InChI is InChI=1S/C17H26O5S/c1-9(15(18)21-3)6-7-23-14-10(2)8-11-4-5-12-17(11,20)13(14)16(19)22-12/h9-14,20H,4-8H2,1-3H3/t9-,10-,11+,12+,13?,14+,17+/m0/s1. The molecular weight excluding hydrogens is 316 g/mol. The number of hydrogen-bond donors (Lipinski definition) is 1. The monoisotopic (exact) mass is 342 g/mol. The van der Waals surface area contributed by atoms with Crippen LogP contribution in [0.4, 0.5) is 0 Å². The third-order valence-corrected chi connectivity index (χ3v) is 7.56. The largest absolute Gasteiger partial charge is 0.469 e. The molecule has 1 unspecified atom stereocenters. The van der Waals surface area contributed by atoms with E-state index in [9.17, 15) is 14.7 Å². The van der Waals surface area contributed by atoms with Crippen LogP contribution in [0, 0.1) is 23.7 Å². The van der Waals surface area contributed by atoms with E-state index in [1.165, 1.54) is 7.11 Å². The highest BCUT2D eigenvalue weighted by atomic mass is 32.2. The second-order valence-corrected chi connectivity index (χ2v) is 8.61. The van der Waals surface area contributed by atoms with Gasteiger partial charge in [0, 0.05) is 5.25 Å². The number of esters is 2. The van der Waals surface area contributed by atoms with Gasteiger partial charge in [0.05, 0.1) is 13.0 Å². The van der Waals surface area contributed by atoms with Crippen molar-refractivity contribution in [3.63, 3.8) is 0 Å². The van der Waals surface area contributed by atoms with Crippen LogP contribution in [-0.4, -0.2) is 46.9 Å². The molecule has 23 heavy (non-hydrogen) atoms. The topological polar surface area (TPSA) is 72.8 Å². The Morgan fingerprint density at radius 3 is 2.96 bits per heavy atom. The van der Waals surface area contributed by atoms with Gasteiger partial charge in [-0.15, -0.1) is 0 Å². The van der Waals surface area contributed by atoms with E-state index in [1.807, 2.05) is 6.92 Å². The lowest BCUT2D eigenvalue weighted by atomic mass is 9.66. The molecular formula is C17H26O5S. The first-order chi connectivity index (χ1) is 10.9. The SMILES string of the molecule is COC(=O)[C@@H](C)CCS[C@H]1C2C(=O)O[C@@H]3CC[C@H](C[C@@H]1C)[C@]23O. The van der Waals surface area contributed by atoms with Gasteiger partial charge in [-0.05, 0) is 43.3 Å². The van der Waals surface area contributed by atoms with Gasteiger partial charge in [-0.1, -0.05) is 13.8 Å². The molecule has 5 nitrogen and oxygen atoms in total. The average Bonchev–Trinajstić information content (AvgIpc) is 2.96. The first-order valence-corrected chi connectivity index (χ1v) is 9.56. The Hall–Kier alpha value is -0.750. The molecule has 0 aromatic carbocycles. The van der Waals surface area contributed by atoms with Gasteiger partial charge in [-0.25, -0.2) is 0 Å². The molecule has 1 N–H and O–H groups in total. The summed E-state index contributed by atoms with van der Waals surface area (Å²) in [6.45, 7) is 4.02. The molecule has 3 aliphatic rings. The maximum Gasteiger partial charge on any atom is 0.313 e. The maximum atomic E-state index is 12.3. The van der Waals surface area contributed by atoms with Crippen LogP contribution in [0.1, 0.15) is 39.5 Å². The van der Waals surface area contributed by atoms with Crippen LogP contribution in [0.2, 0.25) is 0 Å². The fourth-order valence-electron chi connectivity index (χ4n) is 4.66. The molecule has 0 aromatic heterocycles. The average molecular weight is 342 g/mol. The molecule has 3 rings (SSSR count). The zero-order valence-corrected chi connectivity index (χ0v) is 14.8. The molecule has 0 radical (unpaired) electrons. The zero-order chi connectivity index (χ0) is 16.8. The highest BCUT2D eigenvalue weighted by Crippen LogP contribution is 2.58. The van der Waals surface area contributed by atoms with E-state index in [-0.39, 0.29) is 35.1 Å². The number of hydrogen-bond acceptors (Lipinski definition) is 6. The molecule has 0 bridgehead atoms. The van der Waals surface area contributed by atoms with Gasteiger partial charge in [0.25, 0.3) is 0 Å². The number of carbonyl (C=O) groups is 2. The Morgan fingerprint density at radius 2 is 2.26 bits per heavy atom. The minimum Gasteiger partial charge on any atom is -0.469 e. The zero-order valence-electron chi connectivity index (χ0n) is 14.0. The predicted octanol–water partition coefficient (Wildman–Crippen LogP) is 2.01. The Balaban J connectivity index is 1.67. The molecule has 7 atom stereocenters. The quantitative estimate of drug-likeness (QED) is 0.771. The number of methoxy groups -OCH3 is 1. The normalized spacial score (nSPS) is 43.0. The number of ether oxygens (including phenoxy) is 2. The van der Waals surface area contributed by atoms with Crippen LogP contribution < -0.4 is 0 Å². The van der Waals surface area contributed by atoms with Crippen molar-refractivity contribution in [3.8, 4) is 0 Å². The van der Waals surface area contributed by atoms with Gasteiger partial charge in [-0.3, -0.25) is 9.59 Å². The summed E-state index contributed by atoms with van der Waals surface area (Å²) in [5, 5.41) is 11.2. The molecule has 0 aromatic rings. The Morgan fingerprint density at radius 1 is 1.52 bits per heavy atom. The van der Waals surface area contributed by atoms with Gasteiger partial charge >= 0.3 is 11.9 Å². The van der Waals surface area contributed by atoms with Crippen molar-refractivity contribution in [2.24, 2.45) is 23.7 Å². The summed E-state index contributed by atoms with van der Waals surface area (Å²) < 4.78 is 10.2. The fraction of sp³-hybridized carbons (Fsp3) is 0.882. The lowest BCUT2D eigenvalue weighted by Gasteiger charge is -2.44. The molecule has 2 aliphatic carbocycles. The smallest absolute Gasteiger partial charge is 0.313 e. The summed E-state index contributed by atoms with van der Waals surface area (Å²) in [5.74, 6) is 0.349. The van der Waals surface area contributed by atoms with Crippen molar-refractivity contribution in [1.82, 2.24) is 0 Å². The van der Waals surface area contributed by atoms with E-state index in [0.29, 0.717) is 12.3 Å². The molecule has 2 saturated carbocycles. The number of thioether (sulfide) groups is 1. The number of rotatable bonds is 5. The van der Waals surface area contributed by atoms with E-state index < -0.39 is 11.5 Å². The lowest BCUT2D eigenvalue weighted by molar-refractivity contribution is -0.146. The highest BCUT2D eigenvalue weighted by molar-refractivity contribution is 7.99. The molecule has 1 heterocycles. The van der Waals surface area contributed by atoms with Crippen molar-refractivity contribution in [2.75, 3.05) is 12.9 Å². The number of aliphatic hydroxyl groups is 1. The molecule has 1 saturated heterocycles. The van der Waals surface area contributed by atoms with Crippen LogP contribution >= 0.6 is 11.8 Å². The first kappa shape index (κ1) is 17.1. The summed E-state index contributed by atoms with van der Waals surface area (Å²) in [6.07, 6.45) is 3.09. The highest BCUT2D eigenvalue weighted by Gasteiger charge is 2.68. The first-order valence-electron chi connectivity index (χ1n) is 8.51. The predicted molar refractivity (Wildman–Crippen MR) is 86.9 cm³/mol. The third kappa shape index (κ3) is 2.68. The molecule has 3 fully saturated rings. The minimum atomic E-state index is -0.963. The van der Waals surface area contributed by atoms with Gasteiger partial charge in [0.15, 0.2) is 0 Å². The second kappa shape index (κ2) is 6.28. The van der Waals surface area contributed by atoms with Crippen molar-refractivity contribution >= 4 is 23.7 Å². The molecule has 0 amide bonds. The van der Waals surface area contributed by atoms with E-state index in [0.717, 1.165) is 25.0 Å². The molecule has 130 valence electrons. The summed E-state index contributed by atoms with van der Waals surface area (Å²) >= 11 is 1.70. The summed E-state index contributed by atoms with van der Waals surface area (Å²) in [5.41, 5.74) is -0.963. The summed E-state index contributed by atoms with van der Waals surface area (Å²) in [6, 6.07) is 0. The fourth-order valence-corrected chi connectivity index (χ4v) is 6.39. The van der Waals surface area contributed by atoms with Crippen LogP contribution in [0.3, 0.4) is 0 Å². The van der Waals surface area contributed by atoms with E-state index in [1.54, 1.807) is 11.8 Å². The van der Waals surface area contributed by atoms with Gasteiger partial charge in [0.1, 0.15) is 17.6 Å². The van der Waals surface area contributed by atoms with E-state index >= 15 is 0 Å². The Bertz CT molecular complexity index is 495. The second-order valence-electron chi connectivity index (χ2n) is 7.33. The van der Waals surface area contributed by atoms with Crippen molar-refractivity contribution < 1.29 is 24.2 Å². The maximum absolute atomic E-state index is 12.3. The number of carbonyl (C=O) groups excluding carboxylic acids is 2. The lowest BCUT2D eigenvalue weighted by Crippen LogP contribution is -2.55. The van der Waals surface area contributed by atoms with E-state index in [2.05, 4.69) is 6.92 Å². The van der Waals surface area contributed by atoms with Crippen LogP contribution in [0.15, 0.2) is 0 Å². The minimum absolute atomic E-state index is 0.0664. The van der Waals surface area contributed by atoms with Crippen molar-refractivity contribution in [1.29, 1.82) is 0 Å². The van der Waals surface area contributed by atoms with Crippen molar-refractivity contribution in [3.05, 3.63) is 0 Å². The third-order valence-electron chi connectivity index (χ3n) is 5.97. The van der Waals surface area contributed by atoms with E-state index in [4.69, 9.17) is 9.47 Å². The van der Waals surface area contributed by atoms with Crippen molar-refractivity contribution in [2.45, 2.75) is 56.5 Å². The summed E-state index contributed by atoms with van der Waals surface area (Å²) in [4.78, 5) is 23.8. The van der Waals surface area contributed by atoms with Crippen LogP contribution in [0.25, 0.3) is 0 Å². The van der Waals surface area contributed by atoms with Gasteiger partial charge in [0.2, 0.25) is 0 Å². The molecule has 0 spiro atoms. The molecule has 6 heteroatoms. The Labute approximate surface area is 141 Å². The Kier molecular flexibility index (Phi) is 4.67. The van der Waals surface area contributed by atoms with Crippen LogP contribution in [-0.2, 0) is 19.1 Å². The van der Waals surface area contributed by atoms with Gasteiger partial charge < -0.3 is 14.6 Å².